The van der Waals surface area contributed by atoms with Crippen molar-refractivity contribution in [1.82, 2.24) is 5.32 Å². The molecule has 1 aromatic carbocycles. The van der Waals surface area contributed by atoms with Gasteiger partial charge < -0.3 is 20.1 Å². The molecule has 2 aliphatic rings. The Bertz CT molecular complexity index is 520. The van der Waals surface area contributed by atoms with Gasteiger partial charge in [0.05, 0.1) is 25.0 Å². The number of halogens is 1. The van der Waals surface area contributed by atoms with Crippen LogP contribution in [0.2, 0.25) is 0 Å². The molecule has 0 bridgehead atoms. The SMILES string of the molecule is CC(NC1CCCCC1O)c1ccc(N2CCOCC2)c(F)c1. The van der Waals surface area contributed by atoms with E-state index in [2.05, 4.69) is 5.32 Å². The van der Waals surface area contributed by atoms with Crippen LogP contribution in [0.25, 0.3) is 0 Å². The van der Waals surface area contributed by atoms with Crippen molar-refractivity contribution in [1.29, 1.82) is 0 Å². The Morgan fingerprint density at radius 1 is 1.26 bits per heavy atom. The molecule has 1 heterocycles. The van der Waals surface area contributed by atoms with Gasteiger partial charge in [-0.05, 0) is 37.5 Å². The Labute approximate surface area is 137 Å². The van der Waals surface area contributed by atoms with Crippen molar-refractivity contribution in [3.8, 4) is 0 Å². The number of hydrogen-bond acceptors (Lipinski definition) is 4. The number of ether oxygens (including phenoxy) is 1. The molecule has 2 N–H and O–H groups in total. The van der Waals surface area contributed by atoms with Crippen molar-refractivity contribution >= 4 is 5.69 Å². The van der Waals surface area contributed by atoms with Crippen LogP contribution in [0.1, 0.15) is 44.2 Å². The van der Waals surface area contributed by atoms with Gasteiger partial charge in [0.1, 0.15) is 5.82 Å². The minimum absolute atomic E-state index is 0.0287. The standard InChI is InChI=1S/C18H27FN2O2/c1-13(20-16-4-2-3-5-18(16)22)14-6-7-17(15(19)12-14)21-8-10-23-11-9-21/h6-7,12-13,16,18,20,22H,2-5,8-11H2,1H3. The third-order valence-corrected chi connectivity index (χ3v) is 5.02. The van der Waals surface area contributed by atoms with E-state index in [1.54, 1.807) is 6.07 Å². The Hall–Kier alpha value is -1.17. The Morgan fingerprint density at radius 3 is 2.70 bits per heavy atom. The van der Waals surface area contributed by atoms with Gasteiger partial charge in [-0.1, -0.05) is 18.9 Å². The first-order valence-corrected chi connectivity index (χ1v) is 8.71. The van der Waals surface area contributed by atoms with E-state index in [4.69, 9.17) is 4.74 Å². The second-order valence-electron chi connectivity index (χ2n) is 6.66. The van der Waals surface area contributed by atoms with Crippen molar-refractivity contribution in [2.75, 3.05) is 31.2 Å². The second kappa shape index (κ2) is 7.60. The molecule has 1 aliphatic heterocycles. The maximum absolute atomic E-state index is 14.5. The first-order chi connectivity index (χ1) is 11.1. The second-order valence-corrected chi connectivity index (χ2v) is 6.66. The van der Waals surface area contributed by atoms with Gasteiger partial charge in [0.25, 0.3) is 0 Å². The molecule has 0 aromatic heterocycles. The fraction of sp³-hybridized carbons (Fsp3) is 0.667. The van der Waals surface area contributed by atoms with Crippen LogP contribution < -0.4 is 10.2 Å². The highest BCUT2D eigenvalue weighted by Crippen LogP contribution is 2.26. The Morgan fingerprint density at radius 2 is 2.00 bits per heavy atom. The van der Waals surface area contributed by atoms with Crippen molar-refractivity contribution in [2.24, 2.45) is 0 Å². The molecule has 0 spiro atoms. The zero-order chi connectivity index (χ0) is 16.2. The van der Waals surface area contributed by atoms with Gasteiger partial charge in [-0.2, -0.15) is 0 Å². The van der Waals surface area contributed by atoms with E-state index in [0.29, 0.717) is 18.9 Å². The number of rotatable bonds is 4. The fourth-order valence-corrected chi connectivity index (χ4v) is 3.58. The number of morpholine rings is 1. The maximum Gasteiger partial charge on any atom is 0.146 e. The highest BCUT2D eigenvalue weighted by atomic mass is 19.1. The van der Waals surface area contributed by atoms with Crippen molar-refractivity contribution in [3.05, 3.63) is 29.6 Å². The third kappa shape index (κ3) is 4.03. The molecule has 0 radical (unpaired) electrons. The summed E-state index contributed by atoms with van der Waals surface area (Å²) < 4.78 is 19.8. The lowest BCUT2D eigenvalue weighted by Gasteiger charge is -2.32. The largest absolute Gasteiger partial charge is 0.392 e. The highest BCUT2D eigenvalue weighted by Gasteiger charge is 2.25. The van der Waals surface area contributed by atoms with Crippen molar-refractivity contribution in [3.63, 3.8) is 0 Å². The lowest BCUT2D eigenvalue weighted by atomic mass is 9.91. The van der Waals surface area contributed by atoms with Crippen LogP contribution in [0.5, 0.6) is 0 Å². The normalized spacial score (nSPS) is 27.0. The average molecular weight is 322 g/mol. The van der Waals surface area contributed by atoms with Gasteiger partial charge >= 0.3 is 0 Å². The molecular weight excluding hydrogens is 295 g/mol. The lowest BCUT2D eigenvalue weighted by Crippen LogP contribution is -2.43. The molecule has 1 aromatic rings. The van der Waals surface area contributed by atoms with Crippen LogP contribution in [-0.2, 0) is 4.74 Å². The number of nitrogens with one attached hydrogen (secondary N) is 1. The molecule has 3 unspecified atom stereocenters. The topological polar surface area (TPSA) is 44.7 Å². The molecule has 0 amide bonds. The summed E-state index contributed by atoms with van der Waals surface area (Å²) in [6.45, 7) is 4.80. The zero-order valence-electron chi connectivity index (χ0n) is 13.8. The van der Waals surface area contributed by atoms with Crippen LogP contribution in [0.4, 0.5) is 10.1 Å². The Balaban J connectivity index is 1.66. The summed E-state index contributed by atoms with van der Waals surface area (Å²) in [6.07, 6.45) is 3.79. The average Bonchev–Trinajstić information content (AvgIpc) is 2.57. The first-order valence-electron chi connectivity index (χ1n) is 8.71. The van der Waals surface area contributed by atoms with Gasteiger partial charge in [-0.25, -0.2) is 4.39 Å². The van der Waals surface area contributed by atoms with E-state index in [0.717, 1.165) is 44.3 Å². The molecule has 1 saturated heterocycles. The molecule has 5 heteroatoms. The van der Waals surface area contributed by atoms with E-state index in [1.165, 1.54) is 0 Å². The number of aliphatic hydroxyl groups excluding tert-OH is 1. The number of aliphatic hydroxyl groups is 1. The minimum Gasteiger partial charge on any atom is -0.392 e. The minimum atomic E-state index is -0.288. The van der Waals surface area contributed by atoms with Gasteiger partial charge in [0.15, 0.2) is 0 Å². The molecule has 3 atom stereocenters. The predicted octanol–water partition coefficient (Wildman–Crippen LogP) is 2.62. The Kier molecular flexibility index (Phi) is 5.51. The smallest absolute Gasteiger partial charge is 0.146 e. The van der Waals surface area contributed by atoms with Gasteiger partial charge in [-0.3, -0.25) is 0 Å². The van der Waals surface area contributed by atoms with Crippen molar-refractivity contribution < 1.29 is 14.2 Å². The molecule has 2 fully saturated rings. The molecule has 128 valence electrons. The van der Waals surface area contributed by atoms with Crippen LogP contribution in [0.15, 0.2) is 18.2 Å². The zero-order valence-corrected chi connectivity index (χ0v) is 13.8. The molecule has 1 saturated carbocycles. The number of benzene rings is 1. The molecule has 23 heavy (non-hydrogen) atoms. The molecule has 3 rings (SSSR count). The van der Waals surface area contributed by atoms with Crippen LogP contribution in [0, 0.1) is 5.82 Å². The number of anilines is 1. The summed E-state index contributed by atoms with van der Waals surface area (Å²) >= 11 is 0. The van der Waals surface area contributed by atoms with E-state index < -0.39 is 0 Å². The summed E-state index contributed by atoms with van der Waals surface area (Å²) in [7, 11) is 0. The van der Waals surface area contributed by atoms with Crippen LogP contribution >= 0.6 is 0 Å². The monoisotopic (exact) mass is 322 g/mol. The fourth-order valence-electron chi connectivity index (χ4n) is 3.58. The van der Waals surface area contributed by atoms with Crippen molar-refractivity contribution in [2.45, 2.75) is 50.8 Å². The third-order valence-electron chi connectivity index (χ3n) is 5.02. The number of nitrogens with zero attached hydrogens (tertiary/aromatic N) is 1. The highest BCUT2D eigenvalue weighted by molar-refractivity contribution is 5.49. The molecule has 1 aliphatic carbocycles. The molecule has 4 nitrogen and oxygen atoms in total. The summed E-state index contributed by atoms with van der Waals surface area (Å²) in [5.74, 6) is -0.178. The van der Waals surface area contributed by atoms with Crippen LogP contribution in [0.3, 0.4) is 0 Å². The lowest BCUT2D eigenvalue weighted by molar-refractivity contribution is 0.0859. The summed E-state index contributed by atoms with van der Waals surface area (Å²) in [6, 6.07) is 5.62. The van der Waals surface area contributed by atoms with E-state index in [1.807, 2.05) is 24.0 Å². The maximum atomic E-state index is 14.5. The van der Waals surface area contributed by atoms with Crippen LogP contribution in [-0.4, -0.2) is 43.6 Å². The van der Waals surface area contributed by atoms with Gasteiger partial charge in [0.2, 0.25) is 0 Å². The van der Waals surface area contributed by atoms with Gasteiger partial charge in [-0.15, -0.1) is 0 Å². The summed E-state index contributed by atoms with van der Waals surface area (Å²) in [5, 5.41) is 13.5. The van der Waals surface area contributed by atoms with Gasteiger partial charge in [0, 0.05) is 25.2 Å². The van der Waals surface area contributed by atoms with E-state index in [9.17, 15) is 9.50 Å². The molecular formula is C18H27FN2O2. The van der Waals surface area contributed by atoms with E-state index in [-0.39, 0.29) is 24.0 Å². The predicted molar refractivity (Wildman–Crippen MR) is 89.2 cm³/mol. The first kappa shape index (κ1) is 16.7. The quantitative estimate of drug-likeness (QED) is 0.894. The summed E-state index contributed by atoms with van der Waals surface area (Å²) in [5.41, 5.74) is 1.58. The van der Waals surface area contributed by atoms with E-state index >= 15 is 0 Å². The summed E-state index contributed by atoms with van der Waals surface area (Å²) in [4.78, 5) is 2.03. The number of hydrogen-bond donors (Lipinski definition) is 2.